The van der Waals surface area contributed by atoms with Crippen molar-refractivity contribution in [3.05, 3.63) is 408 Å². The van der Waals surface area contributed by atoms with Gasteiger partial charge in [-0.3, -0.25) is 0 Å². The molecule has 140 heavy (non-hydrogen) atoms. The summed E-state index contributed by atoms with van der Waals surface area (Å²) in [6, 6.07) is 139. The van der Waals surface area contributed by atoms with Gasteiger partial charge in [-0.25, -0.2) is 0 Å². The standard InChI is InChI=1S/C138H140N2/c1-12-16-20-24-40-80-137(81-41-25-21-17-13-2)124-64-38-36-60-112(124)118-77-70-105(92-130(118)137)103-68-75-116-114-73-66-101(88-126(114)135(8,9)128(116)90-103)97-50-44-48-95(84-97)99-52-46-58-110(86-99)139(108-54-30-28-31-55-108)132-120-62-34-35-63-121(120)133(123-94-107(134(5,6)7)72-79-122(123)132)140(109-56-32-29-33-57-109)111-59-47-53-100(87-111)96-49-45-51-98(85-96)102-67-74-115-117-76-69-104(91-129(117)136(10,11)127(115)89-102)106-71-78-119-113-61-37-39-65-125(113)138(131(119)93-106,82-42-26-22-18-14-3)83-43-27-23-19-15-4/h28-39,44-79,84-94H,12-27,40-43,80-83H2,1-11H3. The fourth-order valence-corrected chi connectivity index (χ4v) is 25.4. The summed E-state index contributed by atoms with van der Waals surface area (Å²) in [6.45, 7) is 26.2. The molecule has 2 heteroatoms. The topological polar surface area (TPSA) is 6.48 Å². The number of hydrogen-bond donors (Lipinski definition) is 0. The van der Waals surface area contributed by atoms with Crippen LogP contribution in [0.5, 0.6) is 0 Å². The highest BCUT2D eigenvalue weighted by Crippen LogP contribution is 2.61. The van der Waals surface area contributed by atoms with E-state index in [1.54, 1.807) is 22.3 Å². The maximum atomic E-state index is 2.64. The summed E-state index contributed by atoms with van der Waals surface area (Å²) < 4.78 is 0. The van der Waals surface area contributed by atoms with E-state index < -0.39 is 0 Å². The van der Waals surface area contributed by atoms with Gasteiger partial charge in [-0.15, -0.1) is 0 Å². The Morgan fingerprint density at radius 2 is 0.450 bits per heavy atom. The van der Waals surface area contributed by atoms with E-state index in [4.69, 9.17) is 0 Å². The Hall–Kier alpha value is -13.1. The van der Waals surface area contributed by atoms with E-state index in [1.165, 1.54) is 287 Å². The van der Waals surface area contributed by atoms with Crippen molar-refractivity contribution in [3.8, 4) is 111 Å². The molecule has 702 valence electrons. The van der Waals surface area contributed by atoms with Crippen LogP contribution in [-0.4, -0.2) is 0 Å². The first-order valence-corrected chi connectivity index (χ1v) is 53.6. The maximum Gasteiger partial charge on any atom is 0.0620 e. The first-order valence-electron chi connectivity index (χ1n) is 53.6. The van der Waals surface area contributed by atoms with E-state index in [0.29, 0.717) is 0 Å². The molecular formula is C138H140N2. The summed E-state index contributed by atoms with van der Waals surface area (Å²) >= 11 is 0. The fraction of sp³-hybridized carbons (Fsp3) is 0.290. The molecule has 0 saturated heterocycles. The van der Waals surface area contributed by atoms with Gasteiger partial charge in [0, 0.05) is 66.0 Å². The van der Waals surface area contributed by atoms with Gasteiger partial charge >= 0.3 is 0 Å². The van der Waals surface area contributed by atoms with Crippen LogP contribution in [0.3, 0.4) is 0 Å². The number of nitrogens with zero attached hydrogens (tertiary/aromatic N) is 2. The van der Waals surface area contributed by atoms with Crippen LogP contribution in [0.1, 0.15) is 280 Å². The van der Waals surface area contributed by atoms with Gasteiger partial charge < -0.3 is 9.80 Å². The molecule has 0 amide bonds. The third-order valence-corrected chi connectivity index (χ3v) is 33.0. The molecule has 2 nitrogen and oxygen atoms in total. The van der Waals surface area contributed by atoms with Gasteiger partial charge in [-0.1, -0.05) is 459 Å². The van der Waals surface area contributed by atoms with Crippen LogP contribution in [0.2, 0.25) is 0 Å². The van der Waals surface area contributed by atoms with Crippen molar-refractivity contribution < 1.29 is 0 Å². The van der Waals surface area contributed by atoms with Gasteiger partial charge in [0.15, 0.2) is 0 Å². The summed E-state index contributed by atoms with van der Waals surface area (Å²) in [5, 5.41) is 4.64. The fourth-order valence-electron chi connectivity index (χ4n) is 25.4. The molecule has 0 N–H and O–H groups in total. The first-order chi connectivity index (χ1) is 68.4. The van der Waals surface area contributed by atoms with E-state index in [0.717, 1.165) is 61.4 Å². The van der Waals surface area contributed by atoms with Crippen LogP contribution in [-0.2, 0) is 27.1 Å². The van der Waals surface area contributed by atoms with Crippen molar-refractivity contribution >= 4 is 55.7 Å². The van der Waals surface area contributed by atoms with Crippen molar-refractivity contribution in [1.82, 2.24) is 0 Å². The van der Waals surface area contributed by atoms with Gasteiger partial charge in [0.1, 0.15) is 0 Å². The summed E-state index contributed by atoms with van der Waals surface area (Å²) in [4.78, 5) is 5.08. The Balaban J connectivity index is 0.592. The number of unbranched alkanes of at least 4 members (excludes halogenated alkanes) is 16. The summed E-state index contributed by atoms with van der Waals surface area (Å²) in [5.41, 5.74) is 45.1. The molecule has 21 rings (SSSR count). The largest absolute Gasteiger partial charge is 0.309 e. The second-order valence-corrected chi connectivity index (χ2v) is 43.6. The second kappa shape index (κ2) is 39.5. The minimum Gasteiger partial charge on any atom is -0.309 e. The van der Waals surface area contributed by atoms with E-state index in [2.05, 4.69) is 444 Å². The quantitative estimate of drug-likeness (QED) is 0.0219. The van der Waals surface area contributed by atoms with Crippen LogP contribution in [0.4, 0.5) is 34.1 Å². The van der Waals surface area contributed by atoms with E-state index in [1.807, 2.05) is 0 Å². The second-order valence-electron chi connectivity index (χ2n) is 43.6. The van der Waals surface area contributed by atoms with Gasteiger partial charge in [0.05, 0.1) is 11.4 Å². The molecule has 4 aliphatic carbocycles. The number of rotatable bonds is 36. The number of anilines is 6. The van der Waals surface area contributed by atoms with Crippen LogP contribution < -0.4 is 9.80 Å². The number of benzene rings is 17. The van der Waals surface area contributed by atoms with Crippen molar-refractivity contribution in [3.63, 3.8) is 0 Å². The van der Waals surface area contributed by atoms with Crippen molar-refractivity contribution in [2.24, 2.45) is 0 Å². The molecule has 17 aromatic carbocycles. The third-order valence-electron chi connectivity index (χ3n) is 33.0. The highest BCUT2D eigenvalue weighted by Gasteiger charge is 2.46. The zero-order valence-corrected chi connectivity index (χ0v) is 84.9. The van der Waals surface area contributed by atoms with Gasteiger partial charge in [-0.05, 0) is 296 Å². The molecule has 0 heterocycles. The Morgan fingerprint density at radius 3 is 0.786 bits per heavy atom. The smallest absolute Gasteiger partial charge is 0.0620 e. The first kappa shape index (κ1) is 93.2. The molecule has 0 radical (unpaired) electrons. The molecule has 0 fully saturated rings. The van der Waals surface area contributed by atoms with Crippen molar-refractivity contribution in [2.75, 3.05) is 9.80 Å². The van der Waals surface area contributed by atoms with Crippen LogP contribution in [0.15, 0.2) is 358 Å². The Bertz CT molecular complexity index is 7400. The molecule has 0 atom stereocenters. The zero-order valence-electron chi connectivity index (χ0n) is 84.9. The lowest BCUT2D eigenvalue weighted by Crippen LogP contribution is -2.25. The number of hydrogen-bond acceptors (Lipinski definition) is 2. The van der Waals surface area contributed by atoms with E-state index in [9.17, 15) is 0 Å². The lowest BCUT2D eigenvalue weighted by Gasteiger charge is -2.33. The lowest BCUT2D eigenvalue weighted by molar-refractivity contribution is 0.399. The SMILES string of the molecule is CCCCCCCC1(CCCCCCC)c2ccccc2-c2ccc(-c3ccc4c(c3)C(C)(C)c3cc(-c5cccc(-c6cccc(N(c7ccccc7)c7c8ccccc8c(N(c8ccccc8)c8cccc(-c9cccc(-c%10ccc%11c(c%10)C(C)(C)c%10cc(-c%12ccc%13c(c%12)C(CCCCCCC)(CCCCCCC)c%12ccccc%12-%13)ccc%10-%11)c9)c8)c8cc(C(C)(C)C)ccc78)c6)c5)ccc3-4)cc21. The van der Waals surface area contributed by atoms with Gasteiger partial charge in [0.25, 0.3) is 0 Å². The average molecular weight is 1830 g/mol. The highest BCUT2D eigenvalue weighted by molar-refractivity contribution is 6.24. The molecule has 0 bridgehead atoms. The van der Waals surface area contributed by atoms with Crippen LogP contribution in [0, 0.1) is 0 Å². The third kappa shape index (κ3) is 17.3. The number of para-hydroxylation sites is 2. The molecule has 0 aromatic heterocycles. The Morgan fingerprint density at radius 1 is 0.193 bits per heavy atom. The normalized spacial score (nSPS) is 14.0. The summed E-state index contributed by atoms with van der Waals surface area (Å²) in [6.07, 6.45) is 30.9. The van der Waals surface area contributed by atoms with Gasteiger partial charge in [-0.2, -0.15) is 0 Å². The van der Waals surface area contributed by atoms with E-state index >= 15 is 0 Å². The molecule has 0 unspecified atom stereocenters. The molecule has 4 aliphatic rings. The Labute approximate surface area is 836 Å². The molecule has 0 saturated carbocycles. The van der Waals surface area contributed by atoms with Crippen molar-refractivity contribution in [2.45, 2.75) is 257 Å². The maximum absolute atomic E-state index is 2.64. The highest BCUT2D eigenvalue weighted by atomic mass is 15.2. The average Bonchev–Trinajstić information content (AvgIpc) is 1.58. The predicted molar refractivity (Wildman–Crippen MR) is 603 cm³/mol. The molecule has 17 aromatic rings. The summed E-state index contributed by atoms with van der Waals surface area (Å²) in [5.74, 6) is 0. The lowest BCUT2D eigenvalue weighted by atomic mass is 9.70. The zero-order chi connectivity index (χ0) is 95.9. The molecule has 0 aliphatic heterocycles. The van der Waals surface area contributed by atoms with Crippen LogP contribution in [0.25, 0.3) is 133 Å². The van der Waals surface area contributed by atoms with E-state index in [-0.39, 0.29) is 27.1 Å². The Kier molecular flexibility index (Phi) is 26.3. The monoisotopic (exact) mass is 1830 g/mol. The van der Waals surface area contributed by atoms with Crippen LogP contribution >= 0.6 is 0 Å². The minimum absolute atomic E-state index is 0.0325. The van der Waals surface area contributed by atoms with Gasteiger partial charge in [0.2, 0.25) is 0 Å². The molecule has 0 spiro atoms. The van der Waals surface area contributed by atoms with Crippen molar-refractivity contribution in [1.29, 1.82) is 0 Å². The molecular weight excluding hydrogens is 1690 g/mol. The summed E-state index contributed by atoms with van der Waals surface area (Å²) in [7, 11) is 0. The minimum atomic E-state index is -0.225. The predicted octanol–water partition coefficient (Wildman–Crippen LogP) is 40.8. The number of fused-ring (bicyclic) bond motifs is 14.